The van der Waals surface area contributed by atoms with E-state index in [4.69, 9.17) is 0 Å². The first-order chi connectivity index (χ1) is 9.11. The van der Waals surface area contributed by atoms with Crippen LogP contribution in [0.15, 0.2) is 18.2 Å². The van der Waals surface area contributed by atoms with E-state index in [0.29, 0.717) is 23.9 Å². The third-order valence-corrected chi connectivity index (χ3v) is 4.02. The third-order valence-electron chi connectivity index (χ3n) is 4.02. The van der Waals surface area contributed by atoms with E-state index in [9.17, 15) is 9.59 Å². The van der Waals surface area contributed by atoms with Gasteiger partial charge in [-0.3, -0.25) is 9.59 Å². The Hall–Kier alpha value is -1.84. The van der Waals surface area contributed by atoms with Gasteiger partial charge in [0.2, 0.25) is 5.91 Å². The summed E-state index contributed by atoms with van der Waals surface area (Å²) in [6.07, 6.45) is 3.69. The molecule has 0 spiro atoms. The van der Waals surface area contributed by atoms with Crippen LogP contribution in [0.25, 0.3) is 0 Å². The summed E-state index contributed by atoms with van der Waals surface area (Å²) in [5, 5.41) is 5.86. The van der Waals surface area contributed by atoms with Gasteiger partial charge in [-0.25, -0.2) is 0 Å². The van der Waals surface area contributed by atoms with Crippen molar-refractivity contribution in [1.82, 2.24) is 5.32 Å². The summed E-state index contributed by atoms with van der Waals surface area (Å²) in [6, 6.07) is 5.71. The van der Waals surface area contributed by atoms with Gasteiger partial charge in [0.05, 0.1) is 6.42 Å². The number of carbonyl (C=O) groups excluding carboxylic acids is 2. The minimum atomic E-state index is -0.0266. The number of fused-ring (bicyclic) bond motifs is 1. The van der Waals surface area contributed by atoms with Crippen LogP contribution < -0.4 is 10.6 Å². The molecule has 1 aliphatic heterocycles. The average Bonchev–Trinajstić information content (AvgIpc) is 2.93. The van der Waals surface area contributed by atoms with Crippen LogP contribution in [0.5, 0.6) is 0 Å². The summed E-state index contributed by atoms with van der Waals surface area (Å²) >= 11 is 0. The second kappa shape index (κ2) is 4.68. The summed E-state index contributed by atoms with van der Waals surface area (Å²) in [4.78, 5) is 23.5. The van der Waals surface area contributed by atoms with E-state index in [-0.39, 0.29) is 11.8 Å². The molecule has 2 N–H and O–H groups in total. The molecule has 1 aromatic carbocycles. The molecular formula is C15H18N2O2. The molecule has 1 saturated carbocycles. The number of amides is 2. The molecule has 19 heavy (non-hydrogen) atoms. The molecule has 100 valence electrons. The zero-order valence-corrected chi connectivity index (χ0v) is 11.0. The maximum atomic E-state index is 12.2. The highest BCUT2D eigenvalue weighted by Crippen LogP contribution is 2.26. The summed E-state index contributed by atoms with van der Waals surface area (Å²) in [6.45, 7) is 2.22. The highest BCUT2D eigenvalue weighted by Gasteiger charge is 2.24. The molecule has 2 atom stereocenters. The summed E-state index contributed by atoms with van der Waals surface area (Å²) in [5.41, 5.74) is 2.39. The van der Waals surface area contributed by atoms with E-state index in [2.05, 4.69) is 17.6 Å². The molecule has 0 saturated heterocycles. The summed E-state index contributed by atoms with van der Waals surface area (Å²) in [5.74, 6) is 0.672. The van der Waals surface area contributed by atoms with Gasteiger partial charge in [0.25, 0.3) is 5.91 Å². The fourth-order valence-electron chi connectivity index (χ4n) is 2.98. The molecular weight excluding hydrogens is 240 g/mol. The van der Waals surface area contributed by atoms with Crippen LogP contribution in [0.4, 0.5) is 5.69 Å². The largest absolute Gasteiger partial charge is 0.349 e. The van der Waals surface area contributed by atoms with Gasteiger partial charge in [-0.2, -0.15) is 0 Å². The third kappa shape index (κ3) is 2.48. The Morgan fingerprint density at radius 2 is 2.21 bits per heavy atom. The van der Waals surface area contributed by atoms with Crippen LogP contribution >= 0.6 is 0 Å². The fourth-order valence-corrected chi connectivity index (χ4v) is 2.98. The van der Waals surface area contributed by atoms with Crippen LogP contribution in [0.1, 0.15) is 42.1 Å². The molecule has 0 radical (unpaired) electrons. The lowest BCUT2D eigenvalue weighted by molar-refractivity contribution is -0.115. The standard InChI is InChI=1S/C15H18N2O2/c1-9-2-4-12(6-9)16-15(19)10-3-5-13-11(7-10)8-14(18)17-13/h3,5,7,9,12H,2,4,6,8H2,1H3,(H,16,19)(H,17,18). The molecule has 4 nitrogen and oxygen atoms in total. The lowest BCUT2D eigenvalue weighted by atomic mass is 10.1. The highest BCUT2D eigenvalue weighted by molar-refractivity contribution is 6.01. The van der Waals surface area contributed by atoms with Crippen LogP contribution in [-0.4, -0.2) is 17.9 Å². The van der Waals surface area contributed by atoms with E-state index in [0.717, 1.165) is 24.1 Å². The maximum absolute atomic E-state index is 12.2. The predicted molar refractivity (Wildman–Crippen MR) is 73.0 cm³/mol. The van der Waals surface area contributed by atoms with Crippen LogP contribution in [-0.2, 0) is 11.2 Å². The molecule has 1 heterocycles. The Bertz CT molecular complexity index is 539. The Balaban J connectivity index is 1.71. The second-order valence-corrected chi connectivity index (χ2v) is 5.69. The molecule has 1 aliphatic carbocycles. The Morgan fingerprint density at radius 3 is 2.95 bits per heavy atom. The molecule has 2 unspecified atom stereocenters. The smallest absolute Gasteiger partial charge is 0.251 e. The average molecular weight is 258 g/mol. The van der Waals surface area contributed by atoms with Gasteiger partial charge in [-0.1, -0.05) is 6.92 Å². The van der Waals surface area contributed by atoms with Crippen molar-refractivity contribution in [3.63, 3.8) is 0 Å². The number of carbonyl (C=O) groups is 2. The molecule has 1 aromatic rings. The maximum Gasteiger partial charge on any atom is 0.251 e. The zero-order chi connectivity index (χ0) is 13.4. The Morgan fingerprint density at radius 1 is 1.37 bits per heavy atom. The van der Waals surface area contributed by atoms with Gasteiger partial charge < -0.3 is 10.6 Å². The van der Waals surface area contributed by atoms with Crippen molar-refractivity contribution in [2.24, 2.45) is 5.92 Å². The Labute approximate surface area is 112 Å². The summed E-state index contributed by atoms with van der Waals surface area (Å²) < 4.78 is 0. The lowest BCUT2D eigenvalue weighted by Gasteiger charge is -2.13. The van der Waals surface area contributed by atoms with Gasteiger partial charge in [0, 0.05) is 17.3 Å². The van der Waals surface area contributed by atoms with Crippen molar-refractivity contribution in [2.45, 2.75) is 38.6 Å². The van der Waals surface area contributed by atoms with Gasteiger partial charge in [0.1, 0.15) is 0 Å². The lowest BCUT2D eigenvalue weighted by Crippen LogP contribution is -2.32. The molecule has 1 fully saturated rings. The predicted octanol–water partition coefficient (Wildman–Crippen LogP) is 2.10. The number of rotatable bonds is 2. The van der Waals surface area contributed by atoms with Crippen molar-refractivity contribution < 1.29 is 9.59 Å². The van der Waals surface area contributed by atoms with E-state index >= 15 is 0 Å². The van der Waals surface area contributed by atoms with Gasteiger partial charge in [0.15, 0.2) is 0 Å². The SMILES string of the molecule is CC1CCC(NC(=O)c2ccc3c(c2)CC(=O)N3)C1. The first kappa shape index (κ1) is 12.2. The van der Waals surface area contributed by atoms with Gasteiger partial charge >= 0.3 is 0 Å². The quantitative estimate of drug-likeness (QED) is 0.853. The second-order valence-electron chi connectivity index (χ2n) is 5.69. The monoisotopic (exact) mass is 258 g/mol. The Kier molecular flexibility index (Phi) is 3.01. The topological polar surface area (TPSA) is 58.2 Å². The minimum Gasteiger partial charge on any atom is -0.349 e. The number of hydrogen-bond acceptors (Lipinski definition) is 2. The van der Waals surface area contributed by atoms with Crippen LogP contribution in [0.3, 0.4) is 0 Å². The molecule has 3 rings (SSSR count). The van der Waals surface area contributed by atoms with Crippen molar-refractivity contribution in [1.29, 1.82) is 0 Å². The molecule has 2 amide bonds. The molecule has 4 heteroatoms. The number of hydrogen-bond donors (Lipinski definition) is 2. The first-order valence-corrected chi connectivity index (χ1v) is 6.85. The van der Waals surface area contributed by atoms with Crippen molar-refractivity contribution in [2.75, 3.05) is 5.32 Å². The molecule has 0 bridgehead atoms. The van der Waals surface area contributed by atoms with E-state index < -0.39 is 0 Å². The van der Waals surface area contributed by atoms with Crippen molar-refractivity contribution >= 4 is 17.5 Å². The highest BCUT2D eigenvalue weighted by atomic mass is 16.2. The molecule has 2 aliphatic rings. The molecule has 0 aromatic heterocycles. The number of benzene rings is 1. The van der Waals surface area contributed by atoms with E-state index in [1.807, 2.05) is 12.1 Å². The van der Waals surface area contributed by atoms with Gasteiger partial charge in [-0.05, 0) is 48.9 Å². The van der Waals surface area contributed by atoms with Crippen LogP contribution in [0.2, 0.25) is 0 Å². The number of anilines is 1. The minimum absolute atomic E-state index is 0.00261. The van der Waals surface area contributed by atoms with E-state index in [1.165, 1.54) is 6.42 Å². The van der Waals surface area contributed by atoms with E-state index in [1.54, 1.807) is 6.07 Å². The van der Waals surface area contributed by atoms with Crippen molar-refractivity contribution in [3.8, 4) is 0 Å². The van der Waals surface area contributed by atoms with Crippen molar-refractivity contribution in [3.05, 3.63) is 29.3 Å². The fraction of sp³-hybridized carbons (Fsp3) is 0.467. The van der Waals surface area contributed by atoms with Crippen LogP contribution in [0, 0.1) is 5.92 Å². The normalized spacial score (nSPS) is 25.0. The van der Waals surface area contributed by atoms with Gasteiger partial charge in [-0.15, -0.1) is 0 Å². The number of nitrogens with one attached hydrogen (secondary N) is 2. The summed E-state index contributed by atoms with van der Waals surface area (Å²) in [7, 11) is 0. The zero-order valence-electron chi connectivity index (χ0n) is 11.0. The first-order valence-electron chi connectivity index (χ1n) is 6.85.